The molecule has 0 amide bonds. The normalized spacial score (nSPS) is 14.0. The third kappa shape index (κ3) is 1.23. The molecule has 1 aromatic heterocycles. The molecule has 0 radical (unpaired) electrons. The zero-order valence-corrected chi connectivity index (χ0v) is 6.58. The van der Waals surface area contributed by atoms with E-state index in [1.165, 1.54) is 0 Å². The van der Waals surface area contributed by atoms with Crippen molar-refractivity contribution in [3.63, 3.8) is 0 Å². The monoisotopic (exact) mass is 161 g/mol. The van der Waals surface area contributed by atoms with Crippen LogP contribution in [0.5, 0.6) is 0 Å². The van der Waals surface area contributed by atoms with E-state index in [1.807, 2.05) is 24.3 Å². The number of allylic oxidation sites excluding steroid dienone is 2. The van der Waals surface area contributed by atoms with Crippen molar-refractivity contribution in [2.75, 3.05) is 0 Å². The van der Waals surface area contributed by atoms with Crippen molar-refractivity contribution in [3.05, 3.63) is 45.2 Å². The lowest BCUT2D eigenvalue weighted by Gasteiger charge is -1.86. The molecule has 0 spiro atoms. The number of nitrogens with one attached hydrogen (secondary N) is 1. The van der Waals surface area contributed by atoms with Gasteiger partial charge in [0.05, 0.1) is 0 Å². The Hall–Kier alpha value is -1.57. The van der Waals surface area contributed by atoms with E-state index in [0.29, 0.717) is 0 Å². The predicted octanol–water partition coefficient (Wildman–Crippen LogP) is 0.142. The van der Waals surface area contributed by atoms with Crippen molar-refractivity contribution in [1.82, 2.24) is 4.98 Å². The standard InChI is InChI=1S/C10H9NO.H2/c12-10-7-6-8-4-2-1-3-5-9(8)11-10;/h1-2,4-7H,3H2,(H,11,12);1H. The van der Waals surface area contributed by atoms with Crippen LogP contribution in [0.2, 0.25) is 0 Å². The molecule has 0 bridgehead atoms. The summed E-state index contributed by atoms with van der Waals surface area (Å²) < 4.78 is 0. The minimum Gasteiger partial charge on any atom is -0.322 e. The molecule has 62 valence electrons. The van der Waals surface area contributed by atoms with Gasteiger partial charge in [0.25, 0.3) is 0 Å². The molecule has 0 aliphatic heterocycles. The van der Waals surface area contributed by atoms with Gasteiger partial charge >= 0.3 is 0 Å². The van der Waals surface area contributed by atoms with Gasteiger partial charge in [-0.3, -0.25) is 4.79 Å². The van der Waals surface area contributed by atoms with Crippen molar-refractivity contribution in [3.8, 4) is 0 Å². The molecule has 2 heteroatoms. The number of hydrogen-bond donors (Lipinski definition) is 1. The maximum absolute atomic E-state index is 10.9. The second kappa shape index (κ2) is 2.81. The lowest BCUT2D eigenvalue weighted by atomic mass is 10.3. The molecule has 0 unspecified atom stereocenters. The molecule has 0 fully saturated rings. The van der Waals surface area contributed by atoms with Crippen LogP contribution in [0.15, 0.2) is 29.1 Å². The van der Waals surface area contributed by atoms with Gasteiger partial charge in [0.1, 0.15) is 0 Å². The molecule has 1 aromatic rings. The molecular weight excluding hydrogens is 150 g/mol. The van der Waals surface area contributed by atoms with Crippen molar-refractivity contribution < 1.29 is 1.43 Å². The van der Waals surface area contributed by atoms with E-state index in [4.69, 9.17) is 0 Å². The van der Waals surface area contributed by atoms with Crippen LogP contribution in [0.25, 0.3) is 12.2 Å². The Balaban J connectivity index is 0.000000845. The van der Waals surface area contributed by atoms with E-state index < -0.39 is 0 Å². The maximum atomic E-state index is 10.9. The van der Waals surface area contributed by atoms with Gasteiger partial charge in [0.2, 0.25) is 5.56 Å². The zero-order valence-electron chi connectivity index (χ0n) is 6.58. The Morgan fingerprint density at radius 3 is 3.25 bits per heavy atom. The summed E-state index contributed by atoms with van der Waals surface area (Å²) in [7, 11) is 0. The summed E-state index contributed by atoms with van der Waals surface area (Å²) >= 11 is 0. The summed E-state index contributed by atoms with van der Waals surface area (Å²) in [5.41, 5.74) is -0.0414. The van der Waals surface area contributed by atoms with E-state index in [9.17, 15) is 4.79 Å². The van der Waals surface area contributed by atoms with Crippen LogP contribution >= 0.6 is 0 Å². The van der Waals surface area contributed by atoms with E-state index in [-0.39, 0.29) is 6.99 Å². The van der Waals surface area contributed by atoms with Gasteiger partial charge in [-0.1, -0.05) is 24.3 Å². The zero-order chi connectivity index (χ0) is 8.39. The van der Waals surface area contributed by atoms with Crippen molar-refractivity contribution >= 4 is 12.2 Å². The average molecular weight is 161 g/mol. The molecule has 12 heavy (non-hydrogen) atoms. The Labute approximate surface area is 71.0 Å². The highest BCUT2D eigenvalue weighted by molar-refractivity contribution is 5.42. The highest BCUT2D eigenvalue weighted by Gasteiger charge is 1.88. The van der Waals surface area contributed by atoms with Crippen molar-refractivity contribution in [2.24, 2.45) is 0 Å². The van der Waals surface area contributed by atoms with E-state index in [0.717, 1.165) is 17.0 Å². The Kier molecular flexibility index (Phi) is 1.67. The maximum Gasteiger partial charge on any atom is 0.248 e. The molecule has 1 N–H and O–H groups in total. The fraction of sp³-hybridized carbons (Fsp3) is 0.100. The fourth-order valence-corrected chi connectivity index (χ4v) is 1.25. The van der Waals surface area contributed by atoms with Crippen LogP contribution in [0.1, 0.15) is 7.85 Å². The molecule has 1 aliphatic carbocycles. The van der Waals surface area contributed by atoms with Gasteiger partial charge < -0.3 is 4.98 Å². The third-order valence-electron chi connectivity index (χ3n) is 1.85. The first-order chi connectivity index (χ1) is 5.86. The number of hydrogen-bond acceptors (Lipinski definition) is 1. The minimum absolute atomic E-state index is 0. The van der Waals surface area contributed by atoms with E-state index >= 15 is 0 Å². The number of aromatic amines is 1. The smallest absolute Gasteiger partial charge is 0.248 e. The lowest BCUT2D eigenvalue weighted by molar-refractivity contribution is 1.15. The summed E-state index contributed by atoms with van der Waals surface area (Å²) in [6.07, 6.45) is 8.94. The molecule has 2 rings (SSSR count). The Morgan fingerprint density at radius 1 is 1.42 bits per heavy atom. The second-order valence-electron chi connectivity index (χ2n) is 2.73. The van der Waals surface area contributed by atoms with Crippen LogP contribution < -0.4 is 16.1 Å². The first kappa shape index (κ1) is 7.10. The number of pyridine rings is 1. The van der Waals surface area contributed by atoms with Gasteiger partial charge in [-0.25, -0.2) is 0 Å². The lowest BCUT2D eigenvalue weighted by Crippen LogP contribution is -2.32. The van der Waals surface area contributed by atoms with Crippen LogP contribution in [0.4, 0.5) is 0 Å². The molecule has 2 nitrogen and oxygen atoms in total. The second-order valence-corrected chi connectivity index (χ2v) is 2.73. The molecule has 0 saturated carbocycles. The summed E-state index contributed by atoms with van der Waals surface area (Å²) in [6, 6.07) is 3.38. The highest BCUT2D eigenvalue weighted by Crippen LogP contribution is 1.86. The molecule has 0 atom stereocenters. The number of aromatic nitrogens is 1. The van der Waals surface area contributed by atoms with Gasteiger partial charge in [-0.15, -0.1) is 0 Å². The number of fused-ring (bicyclic) bond motifs is 1. The average Bonchev–Trinajstić information content (AvgIpc) is 2.28. The van der Waals surface area contributed by atoms with Gasteiger partial charge in [-0.05, 0) is 17.7 Å². The first-order valence-corrected chi connectivity index (χ1v) is 3.93. The topological polar surface area (TPSA) is 32.9 Å². The van der Waals surface area contributed by atoms with E-state index in [1.54, 1.807) is 6.07 Å². The number of rotatable bonds is 0. The molecule has 1 heterocycles. The SMILES string of the molecule is O=c1ccc2c([nH]1)=CCC=CC=2.[HH]. The van der Waals surface area contributed by atoms with Gasteiger partial charge in [-0.2, -0.15) is 0 Å². The van der Waals surface area contributed by atoms with Crippen LogP contribution in [0.3, 0.4) is 0 Å². The van der Waals surface area contributed by atoms with Crippen LogP contribution in [0, 0.1) is 0 Å². The van der Waals surface area contributed by atoms with Crippen LogP contribution in [-0.4, -0.2) is 4.98 Å². The molecule has 0 aromatic carbocycles. The Morgan fingerprint density at radius 2 is 2.33 bits per heavy atom. The molecule has 1 aliphatic rings. The summed E-state index contributed by atoms with van der Waals surface area (Å²) in [4.78, 5) is 13.7. The van der Waals surface area contributed by atoms with Crippen LogP contribution in [-0.2, 0) is 0 Å². The largest absolute Gasteiger partial charge is 0.322 e. The minimum atomic E-state index is -0.0414. The number of H-pyrrole nitrogens is 1. The van der Waals surface area contributed by atoms with Crippen molar-refractivity contribution in [2.45, 2.75) is 6.42 Å². The summed E-state index contributed by atoms with van der Waals surface area (Å²) in [5.74, 6) is 0. The summed E-state index contributed by atoms with van der Waals surface area (Å²) in [5, 5.41) is 2.00. The first-order valence-electron chi connectivity index (χ1n) is 3.93. The predicted molar refractivity (Wildman–Crippen MR) is 51.1 cm³/mol. The molecular formula is C10H11NO. The quantitative estimate of drug-likeness (QED) is 0.577. The summed E-state index contributed by atoms with van der Waals surface area (Å²) in [6.45, 7) is 0. The van der Waals surface area contributed by atoms with Gasteiger partial charge in [0, 0.05) is 12.8 Å². The third-order valence-corrected chi connectivity index (χ3v) is 1.85. The van der Waals surface area contributed by atoms with Gasteiger partial charge in [0.15, 0.2) is 0 Å². The van der Waals surface area contributed by atoms with E-state index in [2.05, 4.69) is 11.1 Å². The highest BCUT2D eigenvalue weighted by atomic mass is 16.1. The Bertz CT molecular complexity index is 484. The molecule has 0 saturated heterocycles. The van der Waals surface area contributed by atoms with Crippen molar-refractivity contribution in [1.29, 1.82) is 0 Å². The fourth-order valence-electron chi connectivity index (χ4n) is 1.25.